The number of halogens is 1. The third-order valence-corrected chi connectivity index (χ3v) is 3.87. The molecule has 0 aliphatic heterocycles. The van der Waals surface area contributed by atoms with E-state index in [0.29, 0.717) is 22.3 Å². The Labute approximate surface area is 154 Å². The molecule has 0 saturated heterocycles. The minimum Gasteiger partial charge on any atom is -0.458 e. The van der Waals surface area contributed by atoms with Crippen LogP contribution in [-0.2, 0) is 16.6 Å². The number of furan rings is 1. The van der Waals surface area contributed by atoms with Gasteiger partial charge < -0.3 is 21.2 Å². The molecular formula is C12H18ClN7O3S2. The lowest BCUT2D eigenvalue weighted by Crippen LogP contribution is -2.39. The van der Waals surface area contributed by atoms with Crippen LogP contribution in [0.2, 0.25) is 0 Å². The van der Waals surface area contributed by atoms with Gasteiger partial charge in [-0.15, -0.1) is 23.7 Å². The topological polar surface area (TPSA) is 161 Å². The molecule has 2 aromatic rings. The summed E-state index contributed by atoms with van der Waals surface area (Å²) < 4.78 is 30.3. The summed E-state index contributed by atoms with van der Waals surface area (Å²) >= 11 is 1.28. The normalized spacial score (nSPS) is 11.5. The summed E-state index contributed by atoms with van der Waals surface area (Å²) in [5.41, 5.74) is 11.2. The van der Waals surface area contributed by atoms with Gasteiger partial charge in [0.05, 0.1) is 12.8 Å². The van der Waals surface area contributed by atoms with Crippen molar-refractivity contribution in [2.24, 2.45) is 21.5 Å². The summed E-state index contributed by atoms with van der Waals surface area (Å²) in [6.07, 6.45) is 1.04. The van der Waals surface area contributed by atoms with Gasteiger partial charge in [-0.3, -0.25) is 9.71 Å². The molecule has 2 rings (SSSR count). The predicted molar refractivity (Wildman–Crippen MR) is 101 cm³/mol. The highest BCUT2D eigenvalue weighted by molar-refractivity contribution is 7.89. The molecule has 0 aromatic carbocycles. The van der Waals surface area contributed by atoms with Gasteiger partial charge in [0.15, 0.2) is 11.7 Å². The largest absolute Gasteiger partial charge is 0.458 e. The first-order valence-electron chi connectivity index (χ1n) is 6.59. The standard InChI is InChI=1S/C12H17N7O3S2.ClH/c1-15-11(19-24(2,20)21)16-5-7-3-4-9(22-7)8-6-23-12(17-8)18-10(13)14;/h3-4,6H,5H2,1-2H3,(H2,15,16,19)(H4,13,14,17,18);1H. The van der Waals surface area contributed by atoms with Gasteiger partial charge in [-0.25, -0.2) is 13.4 Å². The molecule has 2 aromatic heterocycles. The van der Waals surface area contributed by atoms with Crippen molar-refractivity contribution in [2.75, 3.05) is 13.3 Å². The second kappa shape index (κ2) is 8.69. The van der Waals surface area contributed by atoms with Gasteiger partial charge in [0.2, 0.25) is 21.1 Å². The SMILES string of the molecule is CN=C(NCc1ccc(-c2csc(N=C(N)N)n2)o1)NS(C)(=O)=O.Cl. The van der Waals surface area contributed by atoms with Crippen molar-refractivity contribution in [3.8, 4) is 11.5 Å². The molecule has 0 saturated carbocycles. The maximum absolute atomic E-state index is 11.2. The minimum absolute atomic E-state index is 0. The number of aromatic nitrogens is 1. The number of hydrogen-bond donors (Lipinski definition) is 4. The molecule has 13 heteroatoms. The molecule has 2 heterocycles. The van der Waals surface area contributed by atoms with Crippen molar-refractivity contribution in [2.45, 2.75) is 6.54 Å². The lowest BCUT2D eigenvalue weighted by molar-refractivity contribution is 0.513. The maximum atomic E-state index is 11.2. The summed E-state index contributed by atoms with van der Waals surface area (Å²) in [6.45, 7) is 0.250. The smallest absolute Gasteiger partial charge is 0.232 e. The summed E-state index contributed by atoms with van der Waals surface area (Å²) in [4.78, 5) is 11.9. The predicted octanol–water partition coefficient (Wildman–Crippen LogP) is 0.354. The Kier molecular flexibility index (Phi) is 7.21. The van der Waals surface area contributed by atoms with Crippen molar-refractivity contribution in [3.63, 3.8) is 0 Å². The number of thiazole rings is 1. The first-order valence-corrected chi connectivity index (χ1v) is 9.36. The zero-order valence-electron chi connectivity index (χ0n) is 13.4. The molecule has 6 N–H and O–H groups in total. The lowest BCUT2D eigenvalue weighted by atomic mass is 10.3. The molecule has 10 nitrogen and oxygen atoms in total. The van der Waals surface area contributed by atoms with Crippen LogP contribution in [0.4, 0.5) is 5.13 Å². The second-order valence-corrected chi connectivity index (χ2v) is 7.20. The molecule has 0 unspecified atom stereocenters. The highest BCUT2D eigenvalue weighted by atomic mass is 35.5. The number of nitrogens with two attached hydrogens (primary N) is 2. The fourth-order valence-electron chi connectivity index (χ4n) is 1.66. The molecule has 0 radical (unpaired) electrons. The van der Waals surface area contributed by atoms with E-state index in [4.69, 9.17) is 15.9 Å². The summed E-state index contributed by atoms with van der Waals surface area (Å²) in [5, 5.41) is 5.03. The Morgan fingerprint density at radius 3 is 2.72 bits per heavy atom. The molecule has 0 aliphatic rings. The minimum atomic E-state index is -3.40. The number of aliphatic imine (C=N–C) groups is 2. The van der Waals surface area contributed by atoms with E-state index in [1.165, 1.54) is 18.4 Å². The monoisotopic (exact) mass is 407 g/mol. The van der Waals surface area contributed by atoms with E-state index in [-0.39, 0.29) is 30.9 Å². The summed E-state index contributed by atoms with van der Waals surface area (Å²) in [6, 6.07) is 3.49. The van der Waals surface area contributed by atoms with Crippen molar-refractivity contribution < 1.29 is 12.8 Å². The van der Waals surface area contributed by atoms with Gasteiger partial charge in [-0.1, -0.05) is 0 Å². The van der Waals surface area contributed by atoms with E-state index < -0.39 is 10.0 Å². The number of nitrogens with zero attached hydrogens (tertiary/aromatic N) is 3. The van der Waals surface area contributed by atoms with Crippen LogP contribution in [0.5, 0.6) is 0 Å². The van der Waals surface area contributed by atoms with Crippen molar-refractivity contribution in [1.29, 1.82) is 0 Å². The lowest BCUT2D eigenvalue weighted by Gasteiger charge is -2.08. The molecule has 25 heavy (non-hydrogen) atoms. The Bertz CT molecular complexity index is 869. The molecule has 0 spiro atoms. The molecule has 0 amide bonds. The van der Waals surface area contributed by atoms with Gasteiger partial charge in [-0.05, 0) is 12.1 Å². The van der Waals surface area contributed by atoms with Crippen LogP contribution in [0.1, 0.15) is 5.76 Å². The maximum Gasteiger partial charge on any atom is 0.232 e. The van der Waals surface area contributed by atoms with E-state index >= 15 is 0 Å². The quantitative estimate of drug-likeness (QED) is 0.410. The average Bonchev–Trinajstić information content (AvgIpc) is 3.10. The van der Waals surface area contributed by atoms with Crippen molar-refractivity contribution >= 4 is 50.8 Å². The van der Waals surface area contributed by atoms with Crippen LogP contribution in [0.25, 0.3) is 11.5 Å². The Balaban J connectivity index is 0.00000312. The first-order chi connectivity index (χ1) is 11.3. The summed E-state index contributed by atoms with van der Waals surface area (Å²) in [7, 11) is -1.93. The van der Waals surface area contributed by atoms with Gasteiger partial charge in [0.25, 0.3) is 0 Å². The van der Waals surface area contributed by atoms with Crippen LogP contribution in [-0.4, -0.2) is 38.6 Å². The summed E-state index contributed by atoms with van der Waals surface area (Å²) in [5.74, 6) is 1.19. The van der Waals surface area contributed by atoms with Gasteiger partial charge >= 0.3 is 0 Å². The van der Waals surface area contributed by atoms with Crippen molar-refractivity contribution in [3.05, 3.63) is 23.3 Å². The number of nitrogens with one attached hydrogen (secondary N) is 2. The fraction of sp³-hybridized carbons (Fsp3) is 0.250. The van der Waals surface area contributed by atoms with Gasteiger partial charge in [-0.2, -0.15) is 4.99 Å². The van der Waals surface area contributed by atoms with Crippen molar-refractivity contribution in [1.82, 2.24) is 15.0 Å². The van der Waals surface area contributed by atoms with E-state index in [1.807, 2.05) is 0 Å². The van der Waals surface area contributed by atoms with E-state index in [1.54, 1.807) is 17.5 Å². The molecule has 0 fully saturated rings. The molecule has 0 bridgehead atoms. The fourth-order valence-corrected chi connectivity index (χ4v) is 2.87. The van der Waals surface area contributed by atoms with E-state index in [9.17, 15) is 8.42 Å². The Hall–Kier alpha value is -2.31. The third-order valence-electron chi connectivity index (χ3n) is 2.57. The molecular weight excluding hydrogens is 390 g/mol. The van der Waals surface area contributed by atoms with Gasteiger partial charge in [0.1, 0.15) is 11.5 Å². The van der Waals surface area contributed by atoms with Crippen LogP contribution in [0, 0.1) is 0 Å². The molecule has 0 aliphatic carbocycles. The second-order valence-electron chi connectivity index (χ2n) is 4.62. The van der Waals surface area contributed by atoms with Crippen LogP contribution >= 0.6 is 23.7 Å². The van der Waals surface area contributed by atoms with E-state index in [0.717, 1.165) is 6.26 Å². The Morgan fingerprint density at radius 1 is 1.40 bits per heavy atom. The number of guanidine groups is 2. The molecule has 0 atom stereocenters. The highest BCUT2D eigenvalue weighted by Gasteiger charge is 2.11. The first kappa shape index (κ1) is 20.7. The van der Waals surface area contributed by atoms with Gasteiger partial charge in [0, 0.05) is 12.4 Å². The zero-order valence-corrected chi connectivity index (χ0v) is 15.8. The van der Waals surface area contributed by atoms with Crippen LogP contribution in [0.15, 0.2) is 31.9 Å². The highest BCUT2D eigenvalue weighted by Crippen LogP contribution is 2.27. The van der Waals surface area contributed by atoms with Crippen LogP contribution in [0.3, 0.4) is 0 Å². The van der Waals surface area contributed by atoms with Crippen LogP contribution < -0.4 is 21.5 Å². The number of hydrogen-bond acceptors (Lipinski definition) is 7. The Morgan fingerprint density at radius 2 is 2.12 bits per heavy atom. The third kappa shape index (κ3) is 6.60. The zero-order chi connectivity index (χ0) is 17.7. The number of rotatable bonds is 5. The van der Waals surface area contributed by atoms with E-state index in [2.05, 4.69) is 25.0 Å². The molecule has 138 valence electrons. The number of sulfonamides is 1. The average molecular weight is 408 g/mol.